The van der Waals surface area contributed by atoms with Gasteiger partial charge in [-0.15, -0.1) is 0 Å². The maximum absolute atomic E-state index is 10.0. The minimum absolute atomic E-state index is 0.151. The zero-order valence-electron chi connectivity index (χ0n) is 4.85. The first-order valence-electron chi connectivity index (χ1n) is 2.31. The molecule has 0 bridgehead atoms. The average molecular weight is 155 g/mol. The first kappa shape index (κ1) is 7.01. The Labute approximate surface area is 61.0 Å². The van der Waals surface area contributed by atoms with Crippen molar-refractivity contribution < 1.29 is 4.92 Å². The molecule has 0 saturated heterocycles. The second-order valence-corrected chi connectivity index (χ2v) is 2.38. The summed E-state index contributed by atoms with van der Waals surface area (Å²) < 4.78 is 0. The van der Waals surface area contributed by atoms with Crippen molar-refractivity contribution in [2.45, 2.75) is 0 Å². The Hall–Kier alpha value is -1.11. The fraction of sp³-hybridized carbons (Fsp3) is 0. The number of hydrogen-bond acceptors (Lipinski definition) is 5. The topological polar surface area (TPSA) is 68.4 Å². The van der Waals surface area contributed by atoms with E-state index in [1.165, 1.54) is 6.20 Å². The minimum atomic E-state index is -0.556. The van der Waals surface area contributed by atoms with Gasteiger partial charge in [0.15, 0.2) is 0 Å². The van der Waals surface area contributed by atoms with Crippen molar-refractivity contribution in [1.29, 1.82) is 0 Å². The second kappa shape index (κ2) is 2.65. The summed E-state index contributed by atoms with van der Waals surface area (Å²) in [4.78, 5) is 16.4. The van der Waals surface area contributed by atoms with E-state index >= 15 is 0 Å². The molecule has 0 aromatic carbocycles. The van der Waals surface area contributed by atoms with Crippen molar-refractivity contribution in [3.05, 3.63) is 16.3 Å². The van der Waals surface area contributed by atoms with Gasteiger partial charge in [0.1, 0.15) is 0 Å². The normalized spacial score (nSPS) is 9.10. The van der Waals surface area contributed by atoms with Crippen LogP contribution in [0.4, 0.5) is 10.1 Å². The molecule has 0 fully saturated rings. The summed E-state index contributed by atoms with van der Waals surface area (Å²) in [7, 11) is 3.20. The van der Waals surface area contributed by atoms with Crippen molar-refractivity contribution in [3.8, 4) is 0 Å². The van der Waals surface area contributed by atoms with Crippen LogP contribution < -0.4 is 0 Å². The van der Waals surface area contributed by atoms with Crippen molar-refractivity contribution in [2.75, 3.05) is 0 Å². The molecule has 0 radical (unpaired) electrons. The van der Waals surface area contributed by atoms with Crippen LogP contribution in [0.3, 0.4) is 0 Å². The number of nitro groups is 1. The van der Waals surface area contributed by atoms with Gasteiger partial charge in [-0.2, -0.15) is 0 Å². The molecule has 0 amide bonds. The molecule has 0 atom stereocenters. The molecule has 0 N–H and O–H groups in total. The molecule has 1 heterocycles. The van der Waals surface area contributed by atoms with Crippen LogP contribution >= 0.6 is 11.3 Å². The van der Waals surface area contributed by atoms with Gasteiger partial charge in [-0.1, -0.05) is 0 Å². The predicted octanol–water partition coefficient (Wildman–Crippen LogP) is 0.767. The van der Waals surface area contributed by atoms with Gasteiger partial charge in [-0.3, -0.25) is 0 Å². The van der Waals surface area contributed by atoms with Gasteiger partial charge in [0.2, 0.25) is 0 Å². The summed E-state index contributed by atoms with van der Waals surface area (Å²) in [6.07, 6.45) is 1.32. The number of thiazole rings is 1. The van der Waals surface area contributed by atoms with E-state index in [9.17, 15) is 10.1 Å². The molecule has 0 aliphatic carbocycles. The fourth-order valence-corrected chi connectivity index (χ4v) is 0.951. The molecule has 1 aromatic rings. The first-order valence-corrected chi connectivity index (χ1v) is 3.12. The Balaban J connectivity index is 2.98. The van der Waals surface area contributed by atoms with Crippen LogP contribution in [0.25, 0.3) is 0 Å². The molecule has 7 heteroatoms. The number of nitrogens with zero attached hydrogens (tertiary/aromatic N) is 3. The number of aromatic nitrogens is 1. The molecule has 0 spiro atoms. The van der Waals surface area contributed by atoms with E-state index in [4.69, 9.17) is 0 Å². The fourth-order valence-electron chi connectivity index (χ4n) is 0.414. The number of rotatable bonds is 2. The summed E-state index contributed by atoms with van der Waals surface area (Å²) in [5.74, 6) is 0. The summed E-state index contributed by atoms with van der Waals surface area (Å²) in [5.41, 5.74) is 0. The van der Waals surface area contributed by atoms with Crippen LogP contribution in [0.1, 0.15) is 0 Å². The summed E-state index contributed by atoms with van der Waals surface area (Å²) in [5, 5.41) is 10.3. The van der Waals surface area contributed by atoms with Crippen LogP contribution in [-0.4, -0.2) is 17.5 Å². The van der Waals surface area contributed by atoms with Gasteiger partial charge in [-0.05, 0) is 0 Å². The maximum atomic E-state index is 10.0. The summed E-state index contributed by atoms with van der Waals surface area (Å²) in [6, 6.07) is 0. The molecular weight excluding hydrogens is 153 g/mol. The van der Waals surface area contributed by atoms with E-state index in [1.54, 1.807) is 0 Å². The van der Waals surface area contributed by atoms with E-state index in [1.807, 2.05) is 0 Å². The van der Waals surface area contributed by atoms with Gasteiger partial charge < -0.3 is 0 Å². The monoisotopic (exact) mass is 155 g/mol. The van der Waals surface area contributed by atoms with E-state index in [0.29, 0.717) is 5.00 Å². The van der Waals surface area contributed by atoms with Crippen LogP contribution in [0.15, 0.2) is 11.1 Å². The summed E-state index contributed by atoms with van der Waals surface area (Å²) >= 11 is 0.902. The van der Waals surface area contributed by atoms with Crippen molar-refractivity contribution in [1.82, 2.24) is 4.98 Å². The Morgan fingerprint density at radius 1 is 1.90 bits per heavy atom. The standard InChI is InChI=1S/C3H2BN3O2S/c4-6-2-1-5-3(10-2)7(8)9/h1,4H. The third-order valence-corrected chi connectivity index (χ3v) is 1.67. The molecular formula is C3H2BN3O2S. The molecule has 0 unspecified atom stereocenters. The van der Waals surface area contributed by atoms with E-state index in [-0.39, 0.29) is 5.13 Å². The molecule has 1 rings (SSSR count). The van der Waals surface area contributed by atoms with Crippen molar-refractivity contribution in [3.63, 3.8) is 0 Å². The zero-order chi connectivity index (χ0) is 7.56. The van der Waals surface area contributed by atoms with E-state index < -0.39 is 4.92 Å². The van der Waals surface area contributed by atoms with Gasteiger partial charge >= 0.3 is 60.2 Å². The molecule has 1 aromatic heterocycles. The molecule has 10 heavy (non-hydrogen) atoms. The SMILES string of the molecule is B=Nc1cnc([N+](=O)[O-])s1. The van der Waals surface area contributed by atoms with Gasteiger partial charge in [0, 0.05) is 0 Å². The molecule has 5 nitrogen and oxygen atoms in total. The van der Waals surface area contributed by atoms with Crippen LogP contribution in [0.5, 0.6) is 0 Å². The van der Waals surface area contributed by atoms with E-state index in [0.717, 1.165) is 11.3 Å². The molecule has 0 saturated carbocycles. The Morgan fingerprint density at radius 3 is 2.90 bits per heavy atom. The number of hydrogen-bond donors (Lipinski definition) is 0. The third-order valence-electron chi connectivity index (χ3n) is 0.793. The second-order valence-electron chi connectivity index (χ2n) is 1.40. The molecule has 0 aliphatic heterocycles. The van der Waals surface area contributed by atoms with Crippen LogP contribution in [-0.2, 0) is 0 Å². The first-order chi connectivity index (χ1) is 4.74. The average Bonchev–Trinajstić information content (AvgIpc) is 2.34. The van der Waals surface area contributed by atoms with Gasteiger partial charge in [0.25, 0.3) is 0 Å². The Bertz CT molecular complexity index is 272. The van der Waals surface area contributed by atoms with E-state index in [2.05, 4.69) is 17.5 Å². The third kappa shape index (κ3) is 1.24. The van der Waals surface area contributed by atoms with Crippen LogP contribution in [0.2, 0.25) is 0 Å². The van der Waals surface area contributed by atoms with Crippen molar-refractivity contribution in [2.24, 2.45) is 4.90 Å². The summed E-state index contributed by atoms with van der Waals surface area (Å²) in [6.45, 7) is 0. The van der Waals surface area contributed by atoms with Crippen molar-refractivity contribution >= 4 is 29.1 Å². The molecule has 50 valence electrons. The Morgan fingerprint density at radius 2 is 2.60 bits per heavy atom. The zero-order valence-corrected chi connectivity index (χ0v) is 5.67. The van der Waals surface area contributed by atoms with Crippen LogP contribution in [0, 0.1) is 10.1 Å². The predicted molar refractivity (Wildman–Crippen MR) is 38.0 cm³/mol. The Kier molecular flexibility index (Phi) is 1.86. The quantitative estimate of drug-likeness (QED) is 0.359. The molecule has 0 aliphatic rings. The van der Waals surface area contributed by atoms with Gasteiger partial charge in [0.05, 0.1) is 0 Å². The van der Waals surface area contributed by atoms with Gasteiger partial charge in [-0.25, -0.2) is 0 Å².